The van der Waals surface area contributed by atoms with E-state index in [-0.39, 0.29) is 18.3 Å². The van der Waals surface area contributed by atoms with Gasteiger partial charge in [-0.1, -0.05) is 0 Å². The predicted octanol–water partition coefficient (Wildman–Crippen LogP) is 3.67. The van der Waals surface area contributed by atoms with Gasteiger partial charge in [0.05, 0.1) is 0 Å². The maximum absolute atomic E-state index is 13.2. The van der Waals surface area contributed by atoms with Gasteiger partial charge < -0.3 is 14.8 Å². The first-order chi connectivity index (χ1) is 13.6. The SMILES string of the molecule is OB(O)C1CC(C2(OCC(F)(F)F)OOC23C2CC4CC(C2)CC3C4)CCC1Cl. The molecule has 6 rings (SSSR count). The molecule has 4 atom stereocenters. The van der Waals surface area contributed by atoms with Crippen LogP contribution in [0.2, 0.25) is 5.82 Å². The Kier molecular flexibility index (Phi) is 5.01. The van der Waals surface area contributed by atoms with Gasteiger partial charge in [-0.15, -0.1) is 11.6 Å². The van der Waals surface area contributed by atoms with Gasteiger partial charge in [-0.3, -0.25) is 0 Å². The molecule has 5 nitrogen and oxygen atoms in total. The Balaban J connectivity index is 1.49. The molecule has 164 valence electrons. The third-order valence-corrected chi connectivity index (χ3v) is 8.92. The average Bonchev–Trinajstić information content (AvgIpc) is 2.60. The molecule has 5 aliphatic carbocycles. The first kappa shape index (κ1) is 20.8. The minimum Gasteiger partial charge on any atom is -0.427 e. The fourth-order valence-corrected chi connectivity index (χ4v) is 7.82. The van der Waals surface area contributed by atoms with Crippen LogP contribution in [0.3, 0.4) is 0 Å². The van der Waals surface area contributed by atoms with Crippen LogP contribution in [0.4, 0.5) is 13.2 Å². The Morgan fingerprint density at radius 1 is 0.931 bits per heavy atom. The highest BCUT2D eigenvalue weighted by atomic mass is 35.5. The average molecular weight is 439 g/mol. The second-order valence-corrected chi connectivity index (χ2v) is 10.5. The van der Waals surface area contributed by atoms with E-state index in [1.54, 1.807) is 0 Å². The molecule has 6 fully saturated rings. The second-order valence-electron chi connectivity index (χ2n) is 9.94. The van der Waals surface area contributed by atoms with Crippen LogP contribution in [0.5, 0.6) is 0 Å². The summed E-state index contributed by atoms with van der Waals surface area (Å²) in [4.78, 5) is 11.4. The van der Waals surface area contributed by atoms with E-state index in [9.17, 15) is 23.2 Å². The molecule has 1 aliphatic heterocycles. The molecule has 1 heterocycles. The molecule has 2 N–H and O–H groups in total. The van der Waals surface area contributed by atoms with E-state index in [0.29, 0.717) is 24.7 Å². The summed E-state index contributed by atoms with van der Waals surface area (Å²) in [5, 5.41) is 19.1. The minimum atomic E-state index is -4.49. The lowest BCUT2D eigenvalue weighted by Crippen LogP contribution is -2.81. The number of hydrogen-bond acceptors (Lipinski definition) is 5. The Labute approximate surface area is 173 Å². The highest BCUT2D eigenvalue weighted by Gasteiger charge is 2.78. The van der Waals surface area contributed by atoms with Crippen molar-refractivity contribution in [2.24, 2.45) is 29.6 Å². The van der Waals surface area contributed by atoms with Gasteiger partial charge in [0.25, 0.3) is 0 Å². The van der Waals surface area contributed by atoms with Gasteiger partial charge in [-0.05, 0) is 75.0 Å². The Hall–Kier alpha value is -0.0551. The lowest BCUT2D eigenvalue weighted by molar-refractivity contribution is -0.651. The highest BCUT2D eigenvalue weighted by Crippen LogP contribution is 2.69. The lowest BCUT2D eigenvalue weighted by atomic mass is 9.45. The first-order valence-corrected chi connectivity index (χ1v) is 11.2. The zero-order chi connectivity index (χ0) is 20.6. The topological polar surface area (TPSA) is 68.2 Å². The smallest absolute Gasteiger partial charge is 0.427 e. The van der Waals surface area contributed by atoms with Crippen molar-refractivity contribution < 1.29 is 37.7 Å². The van der Waals surface area contributed by atoms with Crippen molar-refractivity contribution in [3.05, 3.63) is 0 Å². The van der Waals surface area contributed by atoms with Crippen molar-refractivity contribution in [3.8, 4) is 0 Å². The van der Waals surface area contributed by atoms with Crippen LogP contribution in [-0.4, -0.2) is 46.7 Å². The van der Waals surface area contributed by atoms with Gasteiger partial charge in [0.1, 0.15) is 6.61 Å². The zero-order valence-corrected chi connectivity index (χ0v) is 16.9. The standard InChI is InChI=1S/C19H27BClF3O5/c21-16-2-1-12(8-15(16)20(25)26)19(27-9-17(22,23)24)18(28-29-19)13-4-10-3-11(6-13)7-14(18)5-10/h10-16,25-26H,1-9H2. The summed E-state index contributed by atoms with van der Waals surface area (Å²) in [6, 6.07) is 0. The third-order valence-electron chi connectivity index (χ3n) is 8.38. The molecular formula is C19H27BClF3O5. The number of rotatable bonds is 4. The minimum absolute atomic E-state index is 0.118. The van der Waals surface area contributed by atoms with Crippen molar-refractivity contribution in [2.75, 3.05) is 6.61 Å². The van der Waals surface area contributed by atoms with Gasteiger partial charge in [-0.2, -0.15) is 18.1 Å². The summed E-state index contributed by atoms with van der Waals surface area (Å²) in [6.07, 6.45) is 1.66. The van der Waals surface area contributed by atoms with Crippen LogP contribution in [0.25, 0.3) is 0 Å². The molecule has 5 saturated carbocycles. The van der Waals surface area contributed by atoms with E-state index < -0.39 is 48.4 Å². The quantitative estimate of drug-likeness (QED) is 0.398. The molecule has 29 heavy (non-hydrogen) atoms. The Bertz CT molecular complexity index is 622. The van der Waals surface area contributed by atoms with E-state index in [2.05, 4.69) is 0 Å². The molecule has 6 aliphatic rings. The van der Waals surface area contributed by atoms with E-state index in [0.717, 1.165) is 25.7 Å². The second kappa shape index (κ2) is 6.97. The van der Waals surface area contributed by atoms with Crippen LogP contribution in [-0.2, 0) is 14.5 Å². The number of hydrogen-bond donors (Lipinski definition) is 2. The van der Waals surface area contributed by atoms with Gasteiger partial charge in [0.15, 0.2) is 5.60 Å². The molecule has 4 bridgehead atoms. The molecule has 4 unspecified atom stereocenters. The summed E-state index contributed by atoms with van der Waals surface area (Å²) in [6.45, 7) is -1.41. The summed E-state index contributed by atoms with van der Waals surface area (Å²) >= 11 is 6.29. The lowest BCUT2D eigenvalue weighted by Gasteiger charge is -2.70. The van der Waals surface area contributed by atoms with Crippen LogP contribution < -0.4 is 0 Å². The van der Waals surface area contributed by atoms with Gasteiger partial charge >= 0.3 is 13.3 Å². The monoisotopic (exact) mass is 438 g/mol. The maximum atomic E-state index is 13.2. The summed E-state index contributed by atoms with van der Waals surface area (Å²) < 4.78 is 45.2. The van der Waals surface area contributed by atoms with Crippen molar-refractivity contribution in [1.29, 1.82) is 0 Å². The van der Waals surface area contributed by atoms with Crippen LogP contribution in [0.15, 0.2) is 0 Å². The third kappa shape index (κ3) is 3.10. The molecule has 0 aromatic rings. The van der Waals surface area contributed by atoms with E-state index in [1.807, 2.05) is 0 Å². The molecular weight excluding hydrogens is 411 g/mol. The zero-order valence-electron chi connectivity index (χ0n) is 16.1. The van der Waals surface area contributed by atoms with Crippen LogP contribution in [0, 0.1) is 29.6 Å². The molecule has 10 heteroatoms. The van der Waals surface area contributed by atoms with Crippen molar-refractivity contribution in [2.45, 2.75) is 80.1 Å². The largest absolute Gasteiger partial charge is 0.456 e. The molecule has 1 spiro atoms. The Morgan fingerprint density at radius 2 is 1.55 bits per heavy atom. The predicted molar refractivity (Wildman–Crippen MR) is 97.6 cm³/mol. The molecule has 0 radical (unpaired) electrons. The first-order valence-electron chi connectivity index (χ1n) is 10.7. The summed E-state index contributed by atoms with van der Waals surface area (Å²) in [5.41, 5.74) is -0.875. The maximum Gasteiger partial charge on any atom is 0.456 e. The van der Waals surface area contributed by atoms with Gasteiger partial charge in [0, 0.05) is 17.1 Å². The highest BCUT2D eigenvalue weighted by molar-refractivity contribution is 6.45. The van der Waals surface area contributed by atoms with Crippen molar-refractivity contribution in [3.63, 3.8) is 0 Å². The van der Waals surface area contributed by atoms with Crippen LogP contribution >= 0.6 is 11.6 Å². The summed E-state index contributed by atoms with van der Waals surface area (Å²) in [5.74, 6) is -1.12. The van der Waals surface area contributed by atoms with E-state index >= 15 is 0 Å². The Morgan fingerprint density at radius 3 is 2.03 bits per heavy atom. The van der Waals surface area contributed by atoms with Crippen LogP contribution in [0.1, 0.15) is 51.4 Å². The fourth-order valence-electron chi connectivity index (χ4n) is 7.46. The van der Waals surface area contributed by atoms with Crippen molar-refractivity contribution >= 4 is 18.7 Å². The van der Waals surface area contributed by atoms with Gasteiger partial charge in [0.2, 0.25) is 5.79 Å². The summed E-state index contributed by atoms with van der Waals surface area (Å²) in [7, 11) is -1.63. The molecule has 1 saturated heterocycles. The fraction of sp³-hybridized carbons (Fsp3) is 1.00. The van der Waals surface area contributed by atoms with Crippen molar-refractivity contribution in [1.82, 2.24) is 0 Å². The number of ether oxygens (including phenoxy) is 1. The van der Waals surface area contributed by atoms with E-state index in [1.165, 1.54) is 6.42 Å². The van der Waals surface area contributed by atoms with E-state index in [4.69, 9.17) is 26.1 Å². The molecule has 0 amide bonds. The normalized spacial score (nSPS) is 51.3. The molecule has 0 aromatic heterocycles. The number of alkyl halides is 4. The van der Waals surface area contributed by atoms with Gasteiger partial charge in [-0.25, -0.2) is 4.89 Å². The molecule has 0 aromatic carbocycles. The number of halogens is 4.